The highest BCUT2D eigenvalue weighted by atomic mass is 16.5. The Balaban J connectivity index is 2.50. The van der Waals surface area contributed by atoms with Gasteiger partial charge in [-0.05, 0) is 64.4 Å². The molecule has 0 fully saturated rings. The number of carbonyl (C=O) groups is 1. The van der Waals surface area contributed by atoms with Gasteiger partial charge in [0.05, 0.1) is 0 Å². The zero-order valence-corrected chi connectivity index (χ0v) is 17.1. The standard InChI is InChI=1S/C23H36O2/c1-7-22(24)25-17-15-19(3)11-8-10-18(2)13-14-21-20(4)12-9-16-23(21,5)6/h8,10-11,15H,7,9,12-14,16-17H2,1-6H3/b11-8+,18-10+,19-15+. The summed E-state index contributed by atoms with van der Waals surface area (Å²) in [6.45, 7) is 13.5. The molecule has 0 aromatic rings. The van der Waals surface area contributed by atoms with Gasteiger partial charge < -0.3 is 4.74 Å². The number of allylic oxidation sites excluding steroid dienone is 7. The van der Waals surface area contributed by atoms with Crippen molar-refractivity contribution in [3.8, 4) is 0 Å². The topological polar surface area (TPSA) is 26.3 Å². The normalized spacial score (nSPS) is 18.8. The van der Waals surface area contributed by atoms with Gasteiger partial charge in [0, 0.05) is 6.42 Å². The maximum atomic E-state index is 11.1. The maximum Gasteiger partial charge on any atom is 0.305 e. The molecule has 0 saturated carbocycles. The molecule has 0 aromatic carbocycles. The van der Waals surface area contributed by atoms with Gasteiger partial charge in [0.15, 0.2) is 0 Å². The van der Waals surface area contributed by atoms with Gasteiger partial charge >= 0.3 is 5.97 Å². The van der Waals surface area contributed by atoms with E-state index in [1.807, 2.05) is 13.0 Å². The summed E-state index contributed by atoms with van der Waals surface area (Å²) in [6, 6.07) is 0. The second-order valence-corrected chi connectivity index (χ2v) is 7.85. The van der Waals surface area contributed by atoms with Crippen molar-refractivity contribution in [1.82, 2.24) is 0 Å². The molecule has 1 rings (SSSR count). The van der Waals surface area contributed by atoms with Gasteiger partial charge in [0.1, 0.15) is 6.61 Å². The Morgan fingerprint density at radius 3 is 2.64 bits per heavy atom. The molecule has 0 atom stereocenters. The van der Waals surface area contributed by atoms with Crippen LogP contribution in [0.1, 0.15) is 80.1 Å². The van der Waals surface area contributed by atoms with Crippen LogP contribution in [0.15, 0.2) is 46.6 Å². The lowest BCUT2D eigenvalue weighted by Crippen LogP contribution is -2.20. The first-order valence-corrected chi connectivity index (χ1v) is 9.61. The van der Waals surface area contributed by atoms with Crippen molar-refractivity contribution in [2.75, 3.05) is 6.61 Å². The molecular weight excluding hydrogens is 308 g/mol. The van der Waals surface area contributed by atoms with E-state index in [0.29, 0.717) is 18.4 Å². The van der Waals surface area contributed by atoms with Crippen LogP contribution in [0.5, 0.6) is 0 Å². The predicted molar refractivity (Wildman–Crippen MR) is 107 cm³/mol. The van der Waals surface area contributed by atoms with Crippen molar-refractivity contribution in [2.45, 2.75) is 80.1 Å². The van der Waals surface area contributed by atoms with E-state index in [1.54, 1.807) is 18.1 Å². The highest BCUT2D eigenvalue weighted by molar-refractivity contribution is 5.68. The van der Waals surface area contributed by atoms with E-state index >= 15 is 0 Å². The van der Waals surface area contributed by atoms with Crippen molar-refractivity contribution in [2.24, 2.45) is 5.41 Å². The van der Waals surface area contributed by atoms with E-state index < -0.39 is 0 Å². The first-order chi connectivity index (χ1) is 11.8. The number of hydrogen-bond donors (Lipinski definition) is 0. The van der Waals surface area contributed by atoms with Crippen LogP contribution < -0.4 is 0 Å². The van der Waals surface area contributed by atoms with Crippen molar-refractivity contribution in [1.29, 1.82) is 0 Å². The molecule has 1 aliphatic rings. The fourth-order valence-electron chi connectivity index (χ4n) is 3.43. The minimum atomic E-state index is -0.154. The highest BCUT2D eigenvalue weighted by Crippen LogP contribution is 2.42. The third-order valence-corrected chi connectivity index (χ3v) is 5.13. The van der Waals surface area contributed by atoms with Crippen molar-refractivity contribution < 1.29 is 9.53 Å². The number of ether oxygens (including phenoxy) is 1. The van der Waals surface area contributed by atoms with Crippen LogP contribution in [0.3, 0.4) is 0 Å². The molecule has 2 nitrogen and oxygen atoms in total. The fraction of sp³-hybridized carbons (Fsp3) is 0.609. The third-order valence-electron chi connectivity index (χ3n) is 5.13. The molecule has 25 heavy (non-hydrogen) atoms. The Bertz CT molecular complexity index is 571. The van der Waals surface area contributed by atoms with Crippen LogP contribution in [0.4, 0.5) is 0 Å². The van der Waals surface area contributed by atoms with E-state index in [0.717, 1.165) is 12.0 Å². The van der Waals surface area contributed by atoms with Crippen molar-refractivity contribution in [3.05, 3.63) is 46.6 Å². The smallest absolute Gasteiger partial charge is 0.305 e. The third kappa shape index (κ3) is 7.90. The summed E-state index contributed by atoms with van der Waals surface area (Å²) in [6.07, 6.45) is 14.9. The van der Waals surface area contributed by atoms with Crippen LogP contribution in [0, 0.1) is 5.41 Å². The first-order valence-electron chi connectivity index (χ1n) is 9.61. The summed E-state index contributed by atoms with van der Waals surface area (Å²) in [5.74, 6) is -0.154. The quantitative estimate of drug-likeness (QED) is 0.278. The summed E-state index contributed by atoms with van der Waals surface area (Å²) < 4.78 is 5.05. The number of rotatable bonds is 8. The molecule has 0 saturated heterocycles. The van der Waals surface area contributed by atoms with Gasteiger partial charge in [0.25, 0.3) is 0 Å². The molecule has 0 heterocycles. The average Bonchev–Trinajstić information content (AvgIpc) is 2.53. The van der Waals surface area contributed by atoms with Crippen LogP contribution in [-0.2, 0) is 9.53 Å². The van der Waals surface area contributed by atoms with Crippen molar-refractivity contribution in [3.63, 3.8) is 0 Å². The molecule has 0 bridgehead atoms. The molecule has 0 aliphatic heterocycles. The molecule has 0 amide bonds. The second-order valence-electron chi connectivity index (χ2n) is 7.85. The minimum Gasteiger partial charge on any atom is -0.461 e. The van der Waals surface area contributed by atoms with E-state index in [2.05, 4.69) is 45.9 Å². The van der Waals surface area contributed by atoms with Gasteiger partial charge in [-0.3, -0.25) is 4.79 Å². The van der Waals surface area contributed by atoms with E-state index in [4.69, 9.17) is 4.74 Å². The Hall–Kier alpha value is -1.57. The summed E-state index contributed by atoms with van der Waals surface area (Å²) >= 11 is 0. The number of esters is 1. The van der Waals surface area contributed by atoms with Gasteiger partial charge in [-0.15, -0.1) is 0 Å². The van der Waals surface area contributed by atoms with Crippen LogP contribution in [-0.4, -0.2) is 12.6 Å². The summed E-state index contributed by atoms with van der Waals surface area (Å²) in [5.41, 5.74) is 6.17. The molecule has 0 radical (unpaired) electrons. The zero-order valence-electron chi connectivity index (χ0n) is 17.1. The lowest BCUT2D eigenvalue weighted by molar-refractivity contribution is -0.141. The zero-order chi connectivity index (χ0) is 18.9. The van der Waals surface area contributed by atoms with E-state index in [-0.39, 0.29) is 5.97 Å². The van der Waals surface area contributed by atoms with Crippen LogP contribution in [0.25, 0.3) is 0 Å². The monoisotopic (exact) mass is 344 g/mol. The predicted octanol–water partition coefficient (Wildman–Crippen LogP) is 6.70. The molecule has 0 unspecified atom stereocenters. The Labute approximate surface area is 154 Å². The van der Waals surface area contributed by atoms with Crippen LogP contribution in [0.2, 0.25) is 0 Å². The summed E-state index contributed by atoms with van der Waals surface area (Å²) in [4.78, 5) is 11.1. The number of hydrogen-bond acceptors (Lipinski definition) is 2. The molecule has 0 aromatic heterocycles. The second kappa shape index (κ2) is 10.4. The summed E-state index contributed by atoms with van der Waals surface area (Å²) in [7, 11) is 0. The molecule has 2 heteroatoms. The fourth-order valence-corrected chi connectivity index (χ4v) is 3.43. The van der Waals surface area contributed by atoms with E-state index in [1.165, 1.54) is 31.3 Å². The molecule has 0 spiro atoms. The molecule has 140 valence electrons. The average molecular weight is 345 g/mol. The maximum absolute atomic E-state index is 11.1. The largest absolute Gasteiger partial charge is 0.461 e. The SMILES string of the molecule is CCC(=O)OC/C=C(C)/C=C/C=C(\C)CCC1=C(C)CCCC1(C)C. The first kappa shape index (κ1) is 21.5. The lowest BCUT2D eigenvalue weighted by atomic mass is 9.71. The summed E-state index contributed by atoms with van der Waals surface area (Å²) in [5, 5.41) is 0. The van der Waals surface area contributed by atoms with Gasteiger partial charge in [0.2, 0.25) is 0 Å². The van der Waals surface area contributed by atoms with E-state index in [9.17, 15) is 4.79 Å². The van der Waals surface area contributed by atoms with Gasteiger partial charge in [-0.1, -0.05) is 61.3 Å². The Morgan fingerprint density at radius 2 is 2.00 bits per heavy atom. The van der Waals surface area contributed by atoms with Crippen LogP contribution >= 0.6 is 0 Å². The minimum absolute atomic E-state index is 0.154. The Morgan fingerprint density at radius 1 is 1.28 bits per heavy atom. The lowest BCUT2D eigenvalue weighted by Gasteiger charge is -2.34. The van der Waals surface area contributed by atoms with Gasteiger partial charge in [-0.2, -0.15) is 0 Å². The molecule has 0 N–H and O–H groups in total. The Kier molecular flexibility index (Phi) is 8.96. The number of carbonyl (C=O) groups excluding carboxylic acids is 1. The molecular formula is C23H36O2. The van der Waals surface area contributed by atoms with Crippen molar-refractivity contribution >= 4 is 5.97 Å². The van der Waals surface area contributed by atoms with Gasteiger partial charge in [-0.25, -0.2) is 0 Å². The highest BCUT2D eigenvalue weighted by Gasteiger charge is 2.27. The molecule has 1 aliphatic carbocycles.